The second-order valence-corrected chi connectivity index (χ2v) is 3.92. The third kappa shape index (κ3) is 3.21. The predicted octanol–water partition coefficient (Wildman–Crippen LogP) is 2.45. The van der Waals surface area contributed by atoms with Crippen LogP contribution in [0.25, 0.3) is 0 Å². The summed E-state index contributed by atoms with van der Waals surface area (Å²) in [5.41, 5.74) is 0.687. The highest BCUT2D eigenvalue weighted by atomic mass is 19.1. The van der Waals surface area contributed by atoms with E-state index in [1.165, 1.54) is 12.4 Å². The number of aromatic nitrogens is 3. The molecule has 1 aromatic heterocycles. The minimum Gasteiger partial charge on any atom is -0.491 e. The van der Waals surface area contributed by atoms with E-state index in [1.54, 1.807) is 16.8 Å². The number of anilines is 1. The number of aryl methyl sites for hydroxylation is 1. The molecule has 0 aliphatic heterocycles. The molecule has 0 saturated carbocycles. The summed E-state index contributed by atoms with van der Waals surface area (Å²) in [7, 11) is 0. The lowest BCUT2D eigenvalue weighted by atomic mass is 10.3. The fourth-order valence-electron chi connectivity index (χ4n) is 1.75. The molecule has 1 heterocycles. The van der Waals surface area contributed by atoms with Crippen molar-refractivity contribution < 1.29 is 9.13 Å². The van der Waals surface area contributed by atoms with Crippen LogP contribution in [0.3, 0.4) is 0 Å². The van der Waals surface area contributed by atoms with Crippen molar-refractivity contribution in [3.05, 3.63) is 36.2 Å². The molecule has 1 N–H and O–H groups in total. The Labute approximate surface area is 111 Å². The first kappa shape index (κ1) is 13.3. The highest BCUT2D eigenvalue weighted by Gasteiger charge is 2.06. The molecule has 0 bridgehead atoms. The summed E-state index contributed by atoms with van der Waals surface area (Å²) < 4.78 is 20.6. The van der Waals surface area contributed by atoms with Crippen molar-refractivity contribution in [1.82, 2.24) is 14.8 Å². The molecular formula is C13H17FN4O. The van der Waals surface area contributed by atoms with Crippen molar-refractivity contribution in [2.45, 2.75) is 26.9 Å². The lowest BCUT2D eigenvalue weighted by Gasteiger charge is -2.09. The molecule has 0 fully saturated rings. The molecule has 5 nitrogen and oxygen atoms in total. The highest BCUT2D eigenvalue weighted by molar-refractivity contribution is 5.47. The lowest BCUT2D eigenvalue weighted by Crippen LogP contribution is -2.09. The van der Waals surface area contributed by atoms with Gasteiger partial charge in [0.05, 0.1) is 13.2 Å². The second-order valence-electron chi connectivity index (χ2n) is 3.92. The number of halogens is 1. The predicted molar refractivity (Wildman–Crippen MR) is 70.6 cm³/mol. The summed E-state index contributed by atoms with van der Waals surface area (Å²) in [6.07, 6.45) is 1.51. The number of ether oxygens (including phenoxy) is 1. The average Bonchev–Trinajstić information content (AvgIpc) is 2.87. The van der Waals surface area contributed by atoms with Crippen molar-refractivity contribution in [3.8, 4) is 5.75 Å². The number of nitrogens with zero attached hydrogens (tertiary/aromatic N) is 3. The number of hydrogen-bond acceptors (Lipinski definition) is 4. The topological polar surface area (TPSA) is 52.0 Å². The molecule has 0 aliphatic rings. The van der Waals surface area contributed by atoms with Crippen molar-refractivity contribution in [2.75, 3.05) is 11.9 Å². The third-order valence-electron chi connectivity index (χ3n) is 2.68. The van der Waals surface area contributed by atoms with E-state index in [1.807, 2.05) is 13.8 Å². The van der Waals surface area contributed by atoms with Gasteiger partial charge in [0.1, 0.15) is 12.2 Å². The smallest absolute Gasteiger partial charge is 0.167 e. The molecule has 2 aromatic rings. The molecule has 1 aromatic carbocycles. The van der Waals surface area contributed by atoms with Crippen LogP contribution in [0, 0.1) is 5.82 Å². The molecule has 0 aliphatic carbocycles. The molecule has 0 amide bonds. The molecule has 0 unspecified atom stereocenters. The average molecular weight is 264 g/mol. The van der Waals surface area contributed by atoms with E-state index in [4.69, 9.17) is 4.74 Å². The largest absolute Gasteiger partial charge is 0.491 e. The Morgan fingerprint density at radius 1 is 1.37 bits per heavy atom. The van der Waals surface area contributed by atoms with E-state index in [2.05, 4.69) is 15.4 Å². The standard InChI is InChI=1S/C13H17FN4O/c1-3-18-13(16-9-17-18)8-15-10-5-6-12(19-4-2)11(14)7-10/h5-7,9,15H,3-4,8H2,1-2H3. The van der Waals surface area contributed by atoms with E-state index in [0.29, 0.717) is 18.8 Å². The molecule has 6 heteroatoms. The summed E-state index contributed by atoms with van der Waals surface area (Å²) >= 11 is 0. The molecular weight excluding hydrogens is 247 g/mol. The van der Waals surface area contributed by atoms with E-state index >= 15 is 0 Å². The van der Waals surface area contributed by atoms with Crippen LogP contribution in [-0.2, 0) is 13.1 Å². The van der Waals surface area contributed by atoms with Gasteiger partial charge in [-0.05, 0) is 26.0 Å². The molecule has 2 rings (SSSR count). The monoisotopic (exact) mass is 264 g/mol. The summed E-state index contributed by atoms with van der Waals surface area (Å²) in [5.74, 6) is 0.713. The van der Waals surface area contributed by atoms with Gasteiger partial charge in [-0.2, -0.15) is 5.10 Å². The van der Waals surface area contributed by atoms with E-state index in [0.717, 1.165) is 12.4 Å². The normalized spacial score (nSPS) is 10.5. The Kier molecular flexibility index (Phi) is 4.33. The first-order chi connectivity index (χ1) is 9.24. The fraction of sp³-hybridized carbons (Fsp3) is 0.385. The zero-order valence-electron chi connectivity index (χ0n) is 11.1. The Morgan fingerprint density at radius 2 is 2.21 bits per heavy atom. The van der Waals surface area contributed by atoms with E-state index in [-0.39, 0.29) is 11.6 Å². The Balaban J connectivity index is 2.02. The SMILES string of the molecule is CCOc1ccc(NCc2ncnn2CC)cc1F. The minimum absolute atomic E-state index is 0.268. The highest BCUT2D eigenvalue weighted by Crippen LogP contribution is 2.21. The van der Waals surface area contributed by atoms with E-state index < -0.39 is 0 Å². The molecule has 19 heavy (non-hydrogen) atoms. The van der Waals surface area contributed by atoms with Crippen LogP contribution in [0.15, 0.2) is 24.5 Å². The maximum absolute atomic E-state index is 13.7. The van der Waals surface area contributed by atoms with Crippen LogP contribution in [0.5, 0.6) is 5.75 Å². The van der Waals surface area contributed by atoms with Gasteiger partial charge in [0.25, 0.3) is 0 Å². The number of hydrogen-bond donors (Lipinski definition) is 1. The van der Waals surface area contributed by atoms with Gasteiger partial charge in [-0.3, -0.25) is 0 Å². The summed E-state index contributed by atoms with van der Waals surface area (Å²) in [6, 6.07) is 4.81. The first-order valence-electron chi connectivity index (χ1n) is 6.27. The van der Waals surface area contributed by atoms with Crippen LogP contribution in [-0.4, -0.2) is 21.4 Å². The number of rotatable bonds is 6. The Morgan fingerprint density at radius 3 is 2.89 bits per heavy atom. The van der Waals surface area contributed by atoms with Crippen molar-refractivity contribution in [1.29, 1.82) is 0 Å². The molecule has 0 saturated heterocycles. The van der Waals surface area contributed by atoms with Gasteiger partial charge in [0.2, 0.25) is 0 Å². The second kappa shape index (κ2) is 6.17. The van der Waals surface area contributed by atoms with Crippen molar-refractivity contribution in [2.24, 2.45) is 0 Å². The zero-order valence-corrected chi connectivity index (χ0v) is 11.1. The van der Waals surface area contributed by atoms with Gasteiger partial charge in [-0.15, -0.1) is 0 Å². The van der Waals surface area contributed by atoms with Gasteiger partial charge >= 0.3 is 0 Å². The van der Waals surface area contributed by atoms with Crippen LogP contribution >= 0.6 is 0 Å². The zero-order chi connectivity index (χ0) is 13.7. The molecule has 102 valence electrons. The van der Waals surface area contributed by atoms with Crippen molar-refractivity contribution >= 4 is 5.69 Å². The molecule has 0 atom stereocenters. The van der Waals surface area contributed by atoms with Crippen LogP contribution < -0.4 is 10.1 Å². The summed E-state index contributed by atoms with van der Waals surface area (Å²) in [5, 5.41) is 7.19. The summed E-state index contributed by atoms with van der Waals surface area (Å²) in [4.78, 5) is 4.14. The third-order valence-corrected chi connectivity index (χ3v) is 2.68. The van der Waals surface area contributed by atoms with Gasteiger partial charge in [-0.1, -0.05) is 0 Å². The number of benzene rings is 1. The Bertz CT molecular complexity index is 541. The van der Waals surface area contributed by atoms with Gasteiger partial charge in [0, 0.05) is 18.3 Å². The Hall–Kier alpha value is -2.11. The van der Waals surface area contributed by atoms with Gasteiger partial charge in [0.15, 0.2) is 11.6 Å². The quantitative estimate of drug-likeness (QED) is 0.870. The van der Waals surface area contributed by atoms with Gasteiger partial charge in [-0.25, -0.2) is 14.1 Å². The van der Waals surface area contributed by atoms with Gasteiger partial charge < -0.3 is 10.1 Å². The minimum atomic E-state index is -0.371. The molecule has 0 spiro atoms. The van der Waals surface area contributed by atoms with Crippen molar-refractivity contribution in [3.63, 3.8) is 0 Å². The summed E-state index contributed by atoms with van der Waals surface area (Å²) in [6.45, 7) is 5.52. The molecule has 0 radical (unpaired) electrons. The fourth-order valence-corrected chi connectivity index (χ4v) is 1.75. The number of nitrogens with one attached hydrogen (secondary N) is 1. The van der Waals surface area contributed by atoms with Crippen LogP contribution in [0.2, 0.25) is 0 Å². The van der Waals surface area contributed by atoms with Crippen LogP contribution in [0.4, 0.5) is 10.1 Å². The first-order valence-corrected chi connectivity index (χ1v) is 6.27. The van der Waals surface area contributed by atoms with E-state index in [9.17, 15) is 4.39 Å². The maximum atomic E-state index is 13.7. The maximum Gasteiger partial charge on any atom is 0.167 e. The van der Waals surface area contributed by atoms with Crippen LogP contribution in [0.1, 0.15) is 19.7 Å². The lowest BCUT2D eigenvalue weighted by molar-refractivity contribution is 0.321.